The van der Waals surface area contributed by atoms with Crippen LogP contribution in [0.15, 0.2) is 84.0 Å². The number of nitrogens with zero attached hydrogens (tertiary/aromatic N) is 2. The van der Waals surface area contributed by atoms with Gasteiger partial charge in [0.2, 0.25) is 0 Å². The molecule has 0 aliphatic heterocycles. The van der Waals surface area contributed by atoms with Crippen molar-refractivity contribution in [2.24, 2.45) is 5.10 Å². The minimum absolute atomic E-state index is 0.0680. The van der Waals surface area contributed by atoms with Gasteiger partial charge in [-0.15, -0.1) is 0 Å². The first-order chi connectivity index (χ1) is 14.1. The van der Waals surface area contributed by atoms with E-state index in [9.17, 15) is 14.3 Å². The largest absolute Gasteiger partial charge is 0.507 e. The highest BCUT2D eigenvalue weighted by molar-refractivity contribution is 6.07. The minimum atomic E-state index is -0.418. The molecular weight excluding hydrogens is 369 g/mol. The van der Waals surface area contributed by atoms with Gasteiger partial charge in [0.1, 0.15) is 11.6 Å². The normalized spacial score (nSPS) is 11.1. The number of amides is 1. The summed E-state index contributed by atoms with van der Waals surface area (Å²) in [4.78, 5) is 17.4. The quantitative estimate of drug-likeness (QED) is 0.401. The number of aromatic hydroxyl groups is 1. The molecule has 0 aliphatic rings. The molecule has 0 fully saturated rings. The molecule has 0 unspecified atom stereocenters. The van der Waals surface area contributed by atoms with Gasteiger partial charge in [-0.2, -0.15) is 5.10 Å². The molecule has 1 heterocycles. The fourth-order valence-electron chi connectivity index (χ4n) is 2.95. The Hall–Kier alpha value is -4.06. The third-order valence-corrected chi connectivity index (χ3v) is 4.41. The SMILES string of the molecule is O=C(N/N=C/c1ccccc1O)c1cc(-c2ccc(F)cc2)nc2ccccc12. The van der Waals surface area contributed by atoms with Gasteiger partial charge >= 0.3 is 0 Å². The van der Waals surface area contributed by atoms with Crippen LogP contribution in [-0.4, -0.2) is 22.2 Å². The summed E-state index contributed by atoms with van der Waals surface area (Å²) >= 11 is 0. The molecule has 1 aromatic heterocycles. The molecule has 0 saturated heterocycles. The number of phenols is 1. The van der Waals surface area contributed by atoms with Crippen molar-refractivity contribution in [2.45, 2.75) is 0 Å². The Balaban J connectivity index is 1.69. The molecule has 0 radical (unpaired) electrons. The number of benzene rings is 3. The monoisotopic (exact) mass is 385 g/mol. The molecule has 1 amide bonds. The number of carbonyl (C=O) groups is 1. The molecule has 2 N–H and O–H groups in total. The Bertz CT molecular complexity index is 1220. The summed E-state index contributed by atoms with van der Waals surface area (Å²) in [6.07, 6.45) is 1.37. The van der Waals surface area contributed by atoms with E-state index in [0.29, 0.717) is 33.3 Å². The number of para-hydroxylation sites is 2. The third kappa shape index (κ3) is 3.96. The highest BCUT2D eigenvalue weighted by atomic mass is 19.1. The van der Waals surface area contributed by atoms with Crippen molar-refractivity contribution in [3.05, 3.63) is 95.8 Å². The van der Waals surface area contributed by atoms with E-state index in [2.05, 4.69) is 15.5 Å². The average molecular weight is 385 g/mol. The van der Waals surface area contributed by atoms with E-state index in [0.717, 1.165) is 0 Å². The second-order valence-electron chi connectivity index (χ2n) is 6.34. The van der Waals surface area contributed by atoms with E-state index in [1.165, 1.54) is 24.4 Å². The zero-order valence-corrected chi connectivity index (χ0v) is 15.2. The number of aromatic nitrogens is 1. The Kier molecular flexibility index (Phi) is 4.99. The number of hydrogen-bond donors (Lipinski definition) is 2. The van der Waals surface area contributed by atoms with Crippen LogP contribution in [0.2, 0.25) is 0 Å². The van der Waals surface area contributed by atoms with Crippen molar-refractivity contribution in [2.75, 3.05) is 0 Å². The molecule has 6 heteroatoms. The van der Waals surface area contributed by atoms with E-state index in [1.54, 1.807) is 42.5 Å². The van der Waals surface area contributed by atoms with Gasteiger partial charge in [-0.3, -0.25) is 4.79 Å². The maximum Gasteiger partial charge on any atom is 0.272 e. The Labute approximate surface area is 166 Å². The van der Waals surface area contributed by atoms with Gasteiger partial charge in [0.15, 0.2) is 0 Å². The number of phenolic OH excluding ortho intramolecular Hbond substituents is 1. The number of rotatable bonds is 4. The number of nitrogens with one attached hydrogen (secondary N) is 1. The van der Waals surface area contributed by atoms with Crippen LogP contribution in [0.25, 0.3) is 22.2 Å². The summed E-state index contributed by atoms with van der Waals surface area (Å²) in [7, 11) is 0. The molecule has 0 atom stereocenters. The molecule has 3 aromatic carbocycles. The number of carbonyl (C=O) groups excluding carboxylic acids is 1. The lowest BCUT2D eigenvalue weighted by Crippen LogP contribution is -2.18. The highest BCUT2D eigenvalue weighted by Crippen LogP contribution is 2.25. The molecule has 5 nitrogen and oxygen atoms in total. The average Bonchev–Trinajstić information content (AvgIpc) is 2.74. The van der Waals surface area contributed by atoms with Crippen molar-refractivity contribution in [1.29, 1.82) is 0 Å². The predicted molar refractivity (Wildman–Crippen MR) is 110 cm³/mol. The molecule has 0 spiro atoms. The summed E-state index contributed by atoms with van der Waals surface area (Å²) in [6.45, 7) is 0. The van der Waals surface area contributed by atoms with Gasteiger partial charge < -0.3 is 5.11 Å². The molecule has 142 valence electrons. The molecule has 0 saturated carbocycles. The summed E-state index contributed by atoms with van der Waals surface area (Å²) in [5.41, 5.74) is 5.26. The van der Waals surface area contributed by atoms with Gasteiger partial charge in [0, 0.05) is 16.5 Å². The molecule has 0 aliphatic carbocycles. The van der Waals surface area contributed by atoms with Crippen LogP contribution < -0.4 is 5.43 Å². The van der Waals surface area contributed by atoms with Gasteiger partial charge in [0.05, 0.1) is 23.0 Å². The minimum Gasteiger partial charge on any atom is -0.507 e. The van der Waals surface area contributed by atoms with Gasteiger partial charge in [-0.25, -0.2) is 14.8 Å². The maximum atomic E-state index is 13.3. The van der Waals surface area contributed by atoms with Crippen LogP contribution in [0, 0.1) is 5.82 Å². The summed E-state index contributed by atoms with van der Waals surface area (Å²) in [5.74, 6) is -0.692. The first kappa shape index (κ1) is 18.3. The third-order valence-electron chi connectivity index (χ3n) is 4.41. The second kappa shape index (κ2) is 7.90. The first-order valence-corrected chi connectivity index (χ1v) is 8.89. The van der Waals surface area contributed by atoms with Crippen molar-refractivity contribution in [1.82, 2.24) is 10.4 Å². The second-order valence-corrected chi connectivity index (χ2v) is 6.34. The van der Waals surface area contributed by atoms with Crippen molar-refractivity contribution < 1.29 is 14.3 Å². The smallest absolute Gasteiger partial charge is 0.272 e. The predicted octanol–water partition coefficient (Wildman–Crippen LogP) is 4.51. The van der Waals surface area contributed by atoms with Crippen LogP contribution in [0.5, 0.6) is 5.75 Å². The van der Waals surface area contributed by atoms with E-state index in [1.807, 2.05) is 18.2 Å². The molecule has 4 rings (SSSR count). The van der Waals surface area contributed by atoms with Crippen LogP contribution in [-0.2, 0) is 0 Å². The topological polar surface area (TPSA) is 74.6 Å². The van der Waals surface area contributed by atoms with E-state index < -0.39 is 5.91 Å². The van der Waals surface area contributed by atoms with Gasteiger partial charge in [-0.1, -0.05) is 30.3 Å². The van der Waals surface area contributed by atoms with Crippen LogP contribution in [0.3, 0.4) is 0 Å². The molecular formula is C23H16FN3O2. The lowest BCUT2D eigenvalue weighted by molar-refractivity contribution is 0.0956. The Morgan fingerprint density at radius 1 is 1.00 bits per heavy atom. The Morgan fingerprint density at radius 3 is 2.52 bits per heavy atom. The Morgan fingerprint density at radius 2 is 1.72 bits per heavy atom. The number of pyridine rings is 1. The summed E-state index contributed by atoms with van der Waals surface area (Å²) in [6, 6.07) is 21.5. The summed E-state index contributed by atoms with van der Waals surface area (Å²) < 4.78 is 13.3. The molecule has 4 aromatic rings. The fraction of sp³-hybridized carbons (Fsp3) is 0. The zero-order valence-electron chi connectivity index (χ0n) is 15.2. The van der Waals surface area contributed by atoms with E-state index in [-0.39, 0.29) is 11.6 Å². The fourth-order valence-corrected chi connectivity index (χ4v) is 2.95. The van der Waals surface area contributed by atoms with Crippen LogP contribution >= 0.6 is 0 Å². The summed E-state index contributed by atoms with van der Waals surface area (Å²) in [5, 5.41) is 14.4. The standard InChI is InChI=1S/C23H16FN3O2/c24-17-11-9-15(10-12-17)21-13-19(18-6-2-3-7-20(18)26-21)23(29)27-25-14-16-5-1-4-8-22(16)28/h1-14,28H,(H,27,29)/b25-14+. The molecule has 0 bridgehead atoms. The zero-order chi connectivity index (χ0) is 20.2. The molecule has 29 heavy (non-hydrogen) atoms. The van der Waals surface area contributed by atoms with Gasteiger partial charge in [-0.05, 0) is 48.5 Å². The number of hydrogen-bond acceptors (Lipinski definition) is 4. The lowest BCUT2D eigenvalue weighted by atomic mass is 10.0. The number of fused-ring (bicyclic) bond motifs is 1. The number of halogens is 1. The first-order valence-electron chi connectivity index (χ1n) is 8.89. The van der Waals surface area contributed by atoms with E-state index >= 15 is 0 Å². The van der Waals surface area contributed by atoms with Crippen molar-refractivity contribution in [3.63, 3.8) is 0 Å². The lowest BCUT2D eigenvalue weighted by Gasteiger charge is -2.09. The van der Waals surface area contributed by atoms with Crippen LogP contribution in [0.4, 0.5) is 4.39 Å². The van der Waals surface area contributed by atoms with E-state index in [4.69, 9.17) is 0 Å². The van der Waals surface area contributed by atoms with Crippen molar-refractivity contribution in [3.8, 4) is 17.0 Å². The maximum absolute atomic E-state index is 13.3. The number of hydrazone groups is 1. The highest BCUT2D eigenvalue weighted by Gasteiger charge is 2.13. The van der Waals surface area contributed by atoms with Crippen LogP contribution in [0.1, 0.15) is 15.9 Å². The van der Waals surface area contributed by atoms with Crippen molar-refractivity contribution >= 4 is 23.0 Å². The van der Waals surface area contributed by atoms with Gasteiger partial charge in [0.25, 0.3) is 5.91 Å².